The number of ether oxygens (including phenoxy) is 2. The maximum atomic E-state index is 12.9. The van der Waals surface area contributed by atoms with Gasteiger partial charge in [-0.1, -0.05) is 24.3 Å². The van der Waals surface area contributed by atoms with Crippen molar-refractivity contribution >= 4 is 22.8 Å². The molecule has 2 aromatic carbocycles. The zero-order chi connectivity index (χ0) is 19.4. The molecule has 3 rings (SSSR count). The number of rotatable bonds is 4. The van der Waals surface area contributed by atoms with E-state index in [2.05, 4.69) is 6.07 Å². The Bertz CT molecular complexity index is 828. The number of hydrogen-bond acceptors (Lipinski definition) is 4. The number of carbonyl (C=O) groups is 2. The van der Waals surface area contributed by atoms with Gasteiger partial charge in [0.15, 0.2) is 0 Å². The van der Waals surface area contributed by atoms with Crippen LogP contribution in [0.15, 0.2) is 36.4 Å². The van der Waals surface area contributed by atoms with Crippen LogP contribution in [0, 0.1) is 0 Å². The summed E-state index contributed by atoms with van der Waals surface area (Å²) in [5.41, 5.74) is 0.991. The average molecular weight is 370 g/mol. The van der Waals surface area contributed by atoms with Crippen molar-refractivity contribution in [3.63, 3.8) is 0 Å². The Balaban J connectivity index is 1.67. The molecule has 2 aromatic rings. The quantitative estimate of drug-likeness (QED) is 0.829. The summed E-state index contributed by atoms with van der Waals surface area (Å²) in [5, 5.41) is 2.17. The van der Waals surface area contributed by atoms with Crippen molar-refractivity contribution in [1.29, 1.82) is 0 Å². The molecule has 1 heterocycles. The Morgan fingerprint density at radius 3 is 2.30 bits per heavy atom. The van der Waals surface area contributed by atoms with E-state index in [4.69, 9.17) is 9.47 Å². The molecule has 144 valence electrons. The third kappa shape index (κ3) is 4.15. The maximum Gasteiger partial charge on any atom is 0.409 e. The zero-order valence-electron chi connectivity index (χ0n) is 16.1. The highest BCUT2D eigenvalue weighted by atomic mass is 16.6. The molecule has 0 radical (unpaired) electrons. The predicted molar refractivity (Wildman–Crippen MR) is 104 cm³/mol. The Hall–Kier alpha value is -2.76. The van der Waals surface area contributed by atoms with Crippen molar-refractivity contribution in [3.05, 3.63) is 42.0 Å². The van der Waals surface area contributed by atoms with Crippen molar-refractivity contribution in [2.24, 2.45) is 0 Å². The lowest BCUT2D eigenvalue weighted by atomic mass is 9.96. The second-order valence-electron chi connectivity index (χ2n) is 6.71. The largest absolute Gasteiger partial charge is 0.497 e. The van der Waals surface area contributed by atoms with Gasteiger partial charge < -0.3 is 19.3 Å². The summed E-state index contributed by atoms with van der Waals surface area (Å²) in [6.07, 6.45) is -0.303. The molecule has 6 heteroatoms. The van der Waals surface area contributed by atoms with Gasteiger partial charge in [-0.15, -0.1) is 0 Å². The normalized spacial score (nSPS) is 15.5. The molecule has 0 bridgehead atoms. The van der Waals surface area contributed by atoms with Crippen molar-refractivity contribution in [3.8, 4) is 5.75 Å². The Morgan fingerprint density at radius 2 is 1.63 bits per heavy atom. The molecule has 0 saturated carbocycles. The second kappa shape index (κ2) is 8.29. The summed E-state index contributed by atoms with van der Waals surface area (Å²) in [6.45, 7) is 6.18. The first kappa shape index (κ1) is 19.0. The molecule has 0 aliphatic carbocycles. The third-order valence-electron chi connectivity index (χ3n) is 5.06. The third-order valence-corrected chi connectivity index (χ3v) is 5.06. The van der Waals surface area contributed by atoms with Crippen molar-refractivity contribution < 1.29 is 19.1 Å². The molecule has 6 nitrogen and oxygen atoms in total. The highest BCUT2D eigenvalue weighted by Crippen LogP contribution is 2.26. The topological polar surface area (TPSA) is 59.1 Å². The molecule has 1 saturated heterocycles. The van der Waals surface area contributed by atoms with E-state index in [1.807, 2.05) is 42.2 Å². The minimum atomic E-state index is -0.303. The molecular formula is C21H26N2O4. The lowest BCUT2D eigenvalue weighted by molar-refractivity contribution is -0.134. The first-order valence-electron chi connectivity index (χ1n) is 9.31. The van der Waals surface area contributed by atoms with Crippen LogP contribution in [0.5, 0.6) is 5.75 Å². The van der Waals surface area contributed by atoms with Crippen molar-refractivity contribution in [2.75, 3.05) is 39.9 Å². The summed E-state index contributed by atoms with van der Waals surface area (Å²) in [7, 11) is 1.65. The standard InChI is InChI=1S/C21H26N2O4/c1-4-27-21(25)23-11-9-22(10-12-23)20(24)15(2)16-5-6-18-14-19(26-3)8-7-17(18)13-16/h5-8,13-15H,4,9-12H2,1-3H3/t15-/m0/s1. The van der Waals surface area contributed by atoms with Crippen LogP contribution in [-0.2, 0) is 9.53 Å². The van der Waals surface area contributed by atoms with Gasteiger partial charge in [0.2, 0.25) is 5.91 Å². The number of nitrogens with zero attached hydrogens (tertiary/aromatic N) is 2. The summed E-state index contributed by atoms with van der Waals surface area (Å²) < 4.78 is 10.3. The second-order valence-corrected chi connectivity index (χ2v) is 6.71. The monoisotopic (exact) mass is 370 g/mol. The molecule has 0 aromatic heterocycles. The number of amides is 2. The first-order valence-corrected chi connectivity index (χ1v) is 9.31. The maximum absolute atomic E-state index is 12.9. The number of benzene rings is 2. The Kier molecular flexibility index (Phi) is 5.84. The summed E-state index contributed by atoms with van der Waals surface area (Å²) in [4.78, 5) is 28.2. The molecule has 2 amide bonds. The van der Waals surface area contributed by atoms with Gasteiger partial charge in [0.25, 0.3) is 0 Å². The van der Waals surface area contributed by atoms with E-state index in [-0.39, 0.29) is 17.9 Å². The lowest BCUT2D eigenvalue weighted by Crippen LogP contribution is -2.51. The first-order chi connectivity index (χ1) is 13.0. The van der Waals surface area contributed by atoms with Gasteiger partial charge in [-0.25, -0.2) is 4.79 Å². The minimum Gasteiger partial charge on any atom is -0.497 e. The summed E-state index contributed by atoms with van der Waals surface area (Å²) >= 11 is 0. The number of carbonyl (C=O) groups excluding carboxylic acids is 2. The molecule has 1 aliphatic heterocycles. The summed E-state index contributed by atoms with van der Waals surface area (Å²) in [6, 6.07) is 12.0. The molecule has 1 fully saturated rings. The zero-order valence-corrected chi connectivity index (χ0v) is 16.1. The number of methoxy groups -OCH3 is 1. The van der Waals surface area contributed by atoms with Gasteiger partial charge in [-0.3, -0.25) is 4.79 Å². The number of fused-ring (bicyclic) bond motifs is 1. The highest BCUT2D eigenvalue weighted by Gasteiger charge is 2.28. The van der Waals surface area contributed by atoms with Gasteiger partial charge in [0.1, 0.15) is 5.75 Å². The molecule has 0 N–H and O–H groups in total. The molecular weight excluding hydrogens is 344 g/mol. The predicted octanol–water partition coefficient (Wildman–Crippen LogP) is 3.25. The van der Waals surface area contributed by atoms with Crippen LogP contribution in [0.25, 0.3) is 10.8 Å². The van der Waals surface area contributed by atoms with E-state index >= 15 is 0 Å². The van der Waals surface area contributed by atoms with Crippen LogP contribution in [0.1, 0.15) is 25.3 Å². The van der Waals surface area contributed by atoms with Crippen LogP contribution in [0.2, 0.25) is 0 Å². The lowest BCUT2D eigenvalue weighted by Gasteiger charge is -2.35. The number of hydrogen-bond donors (Lipinski definition) is 0. The fourth-order valence-corrected chi connectivity index (χ4v) is 3.38. The van der Waals surface area contributed by atoms with Crippen molar-refractivity contribution in [2.45, 2.75) is 19.8 Å². The fraction of sp³-hybridized carbons (Fsp3) is 0.429. The van der Waals surface area contributed by atoms with E-state index < -0.39 is 0 Å². The minimum absolute atomic E-state index is 0.0892. The van der Waals surface area contributed by atoms with Gasteiger partial charge >= 0.3 is 6.09 Å². The van der Waals surface area contributed by atoms with E-state index in [9.17, 15) is 9.59 Å². The molecule has 27 heavy (non-hydrogen) atoms. The van der Waals surface area contributed by atoms with Gasteiger partial charge in [-0.2, -0.15) is 0 Å². The molecule has 1 aliphatic rings. The van der Waals surface area contributed by atoms with Crippen molar-refractivity contribution in [1.82, 2.24) is 9.80 Å². The van der Waals surface area contributed by atoms with E-state index in [1.165, 1.54) is 0 Å². The van der Waals surface area contributed by atoms with Crippen LogP contribution in [0.4, 0.5) is 4.79 Å². The molecule has 0 unspecified atom stereocenters. The smallest absolute Gasteiger partial charge is 0.409 e. The molecule has 0 spiro atoms. The van der Waals surface area contributed by atoms with Crippen LogP contribution < -0.4 is 4.74 Å². The van der Waals surface area contributed by atoms with Gasteiger partial charge in [-0.05, 0) is 42.3 Å². The van der Waals surface area contributed by atoms with Gasteiger partial charge in [0, 0.05) is 26.2 Å². The van der Waals surface area contributed by atoms with Gasteiger partial charge in [0.05, 0.1) is 19.6 Å². The molecule has 1 atom stereocenters. The summed E-state index contributed by atoms with van der Waals surface area (Å²) in [5.74, 6) is 0.677. The van der Waals surface area contributed by atoms with Crippen LogP contribution >= 0.6 is 0 Å². The highest BCUT2D eigenvalue weighted by molar-refractivity contribution is 5.88. The van der Waals surface area contributed by atoms with E-state index in [0.29, 0.717) is 32.8 Å². The SMILES string of the molecule is CCOC(=O)N1CCN(C(=O)[C@@H](C)c2ccc3cc(OC)ccc3c2)CC1. The average Bonchev–Trinajstić information content (AvgIpc) is 2.72. The van der Waals surface area contributed by atoms with Crippen LogP contribution in [0.3, 0.4) is 0 Å². The van der Waals surface area contributed by atoms with Crippen LogP contribution in [-0.4, -0.2) is 61.7 Å². The Labute approximate surface area is 159 Å². The Morgan fingerprint density at radius 1 is 1.00 bits per heavy atom. The van der Waals surface area contributed by atoms with E-state index in [1.54, 1.807) is 18.9 Å². The van der Waals surface area contributed by atoms with E-state index in [0.717, 1.165) is 22.1 Å². The fourth-order valence-electron chi connectivity index (χ4n) is 3.38. The number of piperazine rings is 1.